The SMILES string of the molecule is NC(CNC(=O)CCN1CCCS1(=O)=O)C1CC1. The summed E-state index contributed by atoms with van der Waals surface area (Å²) < 4.78 is 24.4. The molecule has 0 spiro atoms. The van der Waals surface area contributed by atoms with Gasteiger partial charge in [-0.25, -0.2) is 12.7 Å². The minimum atomic E-state index is -3.09. The van der Waals surface area contributed by atoms with E-state index in [0.29, 0.717) is 25.4 Å². The number of nitrogens with two attached hydrogens (primary N) is 1. The molecule has 7 heteroatoms. The lowest BCUT2D eigenvalue weighted by Crippen LogP contribution is -2.39. The first-order valence-corrected chi connectivity index (χ1v) is 8.10. The molecule has 1 unspecified atom stereocenters. The second-order valence-electron chi connectivity index (χ2n) is 5.12. The molecule has 2 aliphatic rings. The van der Waals surface area contributed by atoms with Crippen molar-refractivity contribution in [2.45, 2.75) is 31.7 Å². The molecule has 6 nitrogen and oxygen atoms in total. The number of nitrogens with one attached hydrogen (secondary N) is 1. The average Bonchev–Trinajstić information content (AvgIpc) is 3.09. The van der Waals surface area contributed by atoms with Gasteiger partial charge >= 0.3 is 0 Å². The second-order valence-corrected chi connectivity index (χ2v) is 7.21. The highest BCUT2D eigenvalue weighted by Gasteiger charge is 2.29. The zero-order valence-electron chi connectivity index (χ0n) is 10.5. The summed E-state index contributed by atoms with van der Waals surface area (Å²) >= 11 is 0. The van der Waals surface area contributed by atoms with Gasteiger partial charge in [-0.05, 0) is 25.2 Å². The van der Waals surface area contributed by atoms with Gasteiger partial charge in [0.15, 0.2) is 0 Å². The van der Waals surface area contributed by atoms with Gasteiger partial charge in [0, 0.05) is 32.1 Å². The molecular weight excluding hydrogens is 254 g/mol. The summed E-state index contributed by atoms with van der Waals surface area (Å²) in [6.07, 6.45) is 3.19. The van der Waals surface area contributed by atoms with E-state index in [1.165, 1.54) is 4.31 Å². The maximum Gasteiger partial charge on any atom is 0.221 e. The summed E-state index contributed by atoms with van der Waals surface area (Å²) in [4.78, 5) is 11.6. The van der Waals surface area contributed by atoms with Crippen LogP contribution >= 0.6 is 0 Å². The Bertz CT molecular complexity index is 406. The molecule has 0 aromatic carbocycles. The number of hydrogen-bond acceptors (Lipinski definition) is 4. The first-order valence-electron chi connectivity index (χ1n) is 6.49. The Morgan fingerprint density at radius 2 is 2.17 bits per heavy atom. The minimum absolute atomic E-state index is 0.0458. The predicted octanol–water partition coefficient (Wildman–Crippen LogP) is -0.734. The maximum absolute atomic E-state index is 11.6. The van der Waals surface area contributed by atoms with Crippen LogP contribution in [0.5, 0.6) is 0 Å². The van der Waals surface area contributed by atoms with Crippen LogP contribution in [0.15, 0.2) is 0 Å². The summed E-state index contributed by atoms with van der Waals surface area (Å²) in [6.45, 7) is 1.32. The van der Waals surface area contributed by atoms with Gasteiger partial charge in [-0.2, -0.15) is 0 Å². The van der Waals surface area contributed by atoms with Gasteiger partial charge in [-0.15, -0.1) is 0 Å². The molecule has 1 aliphatic heterocycles. The van der Waals surface area contributed by atoms with Crippen LogP contribution in [0.1, 0.15) is 25.7 Å². The fourth-order valence-corrected chi connectivity index (χ4v) is 3.71. The van der Waals surface area contributed by atoms with Gasteiger partial charge < -0.3 is 11.1 Å². The van der Waals surface area contributed by atoms with Gasteiger partial charge in [0.2, 0.25) is 15.9 Å². The topological polar surface area (TPSA) is 92.5 Å². The number of hydrogen-bond donors (Lipinski definition) is 2. The largest absolute Gasteiger partial charge is 0.354 e. The Hall–Kier alpha value is -0.660. The quantitative estimate of drug-likeness (QED) is 0.668. The molecule has 18 heavy (non-hydrogen) atoms. The minimum Gasteiger partial charge on any atom is -0.354 e. The molecular formula is C11H21N3O3S. The molecule has 0 aromatic rings. The summed E-state index contributed by atoms with van der Waals surface area (Å²) in [6, 6.07) is 0.0458. The molecule has 104 valence electrons. The number of nitrogens with zero attached hydrogens (tertiary/aromatic N) is 1. The van der Waals surface area contributed by atoms with E-state index in [2.05, 4.69) is 5.32 Å². The van der Waals surface area contributed by atoms with E-state index >= 15 is 0 Å². The van der Waals surface area contributed by atoms with Crippen molar-refractivity contribution in [3.05, 3.63) is 0 Å². The molecule has 1 saturated heterocycles. The predicted molar refractivity (Wildman–Crippen MR) is 68.3 cm³/mol. The van der Waals surface area contributed by atoms with Gasteiger partial charge in [0.1, 0.15) is 0 Å². The Kier molecular flexibility index (Phi) is 4.24. The summed E-state index contributed by atoms with van der Waals surface area (Å²) in [5, 5.41) is 2.77. The summed E-state index contributed by atoms with van der Waals surface area (Å²) in [5.74, 6) is 0.652. The van der Waals surface area contributed by atoms with E-state index in [1.54, 1.807) is 0 Å². The fraction of sp³-hybridized carbons (Fsp3) is 0.909. The lowest BCUT2D eigenvalue weighted by atomic mass is 10.2. The molecule has 2 rings (SSSR count). The summed E-state index contributed by atoms with van der Waals surface area (Å²) in [7, 11) is -3.09. The molecule has 0 radical (unpaired) electrons. The van der Waals surface area contributed by atoms with Crippen molar-refractivity contribution in [2.75, 3.05) is 25.4 Å². The summed E-state index contributed by atoms with van der Waals surface area (Å²) in [5.41, 5.74) is 5.87. The van der Waals surface area contributed by atoms with Crippen LogP contribution in [0, 0.1) is 5.92 Å². The molecule has 1 saturated carbocycles. The molecule has 0 aromatic heterocycles. The number of sulfonamides is 1. The smallest absolute Gasteiger partial charge is 0.221 e. The fourth-order valence-electron chi connectivity index (χ4n) is 2.18. The number of carbonyl (C=O) groups is 1. The van der Waals surface area contributed by atoms with Crippen LogP contribution in [-0.2, 0) is 14.8 Å². The average molecular weight is 275 g/mol. The van der Waals surface area contributed by atoms with Crippen LogP contribution in [0.2, 0.25) is 0 Å². The van der Waals surface area contributed by atoms with Gasteiger partial charge in [-0.1, -0.05) is 0 Å². The molecule has 2 fully saturated rings. The van der Waals surface area contributed by atoms with Crippen LogP contribution in [0.3, 0.4) is 0 Å². The maximum atomic E-state index is 11.6. The highest BCUT2D eigenvalue weighted by molar-refractivity contribution is 7.89. The van der Waals surface area contributed by atoms with Crippen molar-refractivity contribution in [3.63, 3.8) is 0 Å². The zero-order valence-corrected chi connectivity index (χ0v) is 11.3. The third-order valence-electron chi connectivity index (χ3n) is 3.55. The third kappa shape index (κ3) is 3.66. The second kappa shape index (κ2) is 5.54. The van der Waals surface area contributed by atoms with E-state index in [1.807, 2.05) is 0 Å². The standard InChI is InChI=1S/C11H21N3O3S/c12-10(9-2-3-9)8-13-11(15)4-6-14-5-1-7-18(14,16)17/h9-10H,1-8,12H2,(H,13,15). The van der Waals surface area contributed by atoms with E-state index < -0.39 is 10.0 Å². The van der Waals surface area contributed by atoms with Crippen molar-refractivity contribution in [2.24, 2.45) is 11.7 Å². The van der Waals surface area contributed by atoms with Crippen LogP contribution in [0.4, 0.5) is 0 Å². The molecule has 1 atom stereocenters. The molecule has 3 N–H and O–H groups in total. The zero-order chi connectivity index (χ0) is 13.2. The van der Waals surface area contributed by atoms with E-state index in [4.69, 9.17) is 5.73 Å². The third-order valence-corrected chi connectivity index (χ3v) is 5.51. The lowest BCUT2D eigenvalue weighted by molar-refractivity contribution is -0.121. The van der Waals surface area contributed by atoms with E-state index in [0.717, 1.165) is 12.8 Å². The van der Waals surface area contributed by atoms with E-state index in [-0.39, 0.29) is 30.7 Å². The lowest BCUT2D eigenvalue weighted by Gasteiger charge is -2.15. The number of rotatable bonds is 6. The van der Waals surface area contributed by atoms with Gasteiger partial charge in [0.25, 0.3) is 0 Å². The van der Waals surface area contributed by atoms with E-state index in [9.17, 15) is 13.2 Å². The Labute approximate surface area is 108 Å². The van der Waals surface area contributed by atoms with Crippen LogP contribution in [0.25, 0.3) is 0 Å². The normalized spacial score (nSPS) is 24.9. The van der Waals surface area contributed by atoms with Crippen molar-refractivity contribution >= 4 is 15.9 Å². The van der Waals surface area contributed by atoms with Crippen molar-refractivity contribution in [1.82, 2.24) is 9.62 Å². The number of amides is 1. The molecule has 1 aliphatic carbocycles. The number of carbonyl (C=O) groups excluding carboxylic acids is 1. The van der Waals surface area contributed by atoms with Gasteiger partial charge in [-0.3, -0.25) is 4.79 Å². The first kappa shape index (κ1) is 13.8. The Morgan fingerprint density at radius 1 is 1.44 bits per heavy atom. The van der Waals surface area contributed by atoms with Crippen LogP contribution in [-0.4, -0.2) is 50.1 Å². The van der Waals surface area contributed by atoms with Gasteiger partial charge in [0.05, 0.1) is 5.75 Å². The highest BCUT2D eigenvalue weighted by Crippen LogP contribution is 2.31. The van der Waals surface area contributed by atoms with Crippen molar-refractivity contribution in [1.29, 1.82) is 0 Å². The van der Waals surface area contributed by atoms with Crippen molar-refractivity contribution < 1.29 is 13.2 Å². The van der Waals surface area contributed by atoms with Crippen molar-refractivity contribution in [3.8, 4) is 0 Å². The monoisotopic (exact) mass is 275 g/mol. The highest BCUT2D eigenvalue weighted by atomic mass is 32.2. The Balaban J connectivity index is 1.65. The van der Waals surface area contributed by atoms with Crippen LogP contribution < -0.4 is 11.1 Å². The molecule has 1 amide bonds. The Morgan fingerprint density at radius 3 is 2.72 bits per heavy atom. The molecule has 1 heterocycles. The molecule has 0 bridgehead atoms. The first-order chi connectivity index (χ1) is 8.49.